The van der Waals surface area contributed by atoms with Crippen molar-refractivity contribution in [2.75, 3.05) is 0 Å². The molecule has 2 rings (SSSR count). The maximum Gasteiger partial charge on any atom is 0.0101 e. The quantitative estimate of drug-likeness (QED) is 0.654. The lowest BCUT2D eigenvalue weighted by atomic mass is 10.0. The summed E-state index contributed by atoms with van der Waals surface area (Å²) in [5.74, 6) is 0. The first-order valence-corrected chi connectivity index (χ1v) is 4.44. The van der Waals surface area contributed by atoms with Crippen molar-refractivity contribution in [3.05, 3.63) is 48.0 Å². The van der Waals surface area contributed by atoms with Gasteiger partial charge >= 0.3 is 0 Å². The van der Waals surface area contributed by atoms with Gasteiger partial charge in [-0.25, -0.2) is 0 Å². The highest BCUT2D eigenvalue weighted by atomic mass is 14.6. The molecule has 0 bridgehead atoms. The van der Waals surface area contributed by atoms with Crippen molar-refractivity contribution >= 4 is 10.8 Å². The number of benzene rings is 2. The minimum atomic E-state index is 0.0829. The first-order valence-electron chi connectivity index (χ1n) is 4.44. The zero-order chi connectivity index (χ0) is 9.26. The van der Waals surface area contributed by atoms with Crippen LogP contribution in [0.3, 0.4) is 0 Å². The fraction of sp³-hybridized carbons (Fsp3) is 0.167. The fourth-order valence-corrected chi connectivity index (χ4v) is 1.57. The second kappa shape index (κ2) is 3.19. The van der Waals surface area contributed by atoms with Crippen LogP contribution in [0.4, 0.5) is 0 Å². The van der Waals surface area contributed by atoms with Crippen LogP contribution < -0.4 is 5.73 Å². The molecule has 13 heavy (non-hydrogen) atoms. The zero-order valence-electron chi connectivity index (χ0n) is 7.62. The van der Waals surface area contributed by atoms with Crippen molar-refractivity contribution in [2.45, 2.75) is 13.0 Å². The van der Waals surface area contributed by atoms with Crippen LogP contribution in [0.25, 0.3) is 10.8 Å². The summed E-state index contributed by atoms with van der Waals surface area (Å²) in [5, 5.41) is 2.34. The van der Waals surface area contributed by atoms with E-state index in [0.29, 0.717) is 0 Å². The Bertz CT molecular complexity index is 413. The number of hydrogen-bond acceptors (Lipinski definition) is 1. The van der Waals surface area contributed by atoms with E-state index in [1.165, 1.54) is 10.9 Å². The average molecular weight is 170 g/mol. The minimum Gasteiger partial charge on any atom is -0.326 e. The van der Waals surface area contributed by atoms with Gasteiger partial charge in [-0.05, 0) is 6.92 Å². The minimum absolute atomic E-state index is 0.0829. The van der Waals surface area contributed by atoms with Gasteiger partial charge in [0.15, 0.2) is 0 Å². The summed E-state index contributed by atoms with van der Waals surface area (Å²) in [6.45, 7) is 2.00. The van der Waals surface area contributed by atoms with Gasteiger partial charge in [-0.2, -0.15) is 0 Å². The Morgan fingerprint density at radius 3 is 2.77 bits per heavy atom. The molecule has 1 atom stereocenters. The molecule has 0 amide bonds. The highest BCUT2D eigenvalue weighted by Crippen LogP contribution is 2.21. The monoisotopic (exact) mass is 170 g/mol. The number of hydrogen-bond donors (Lipinski definition) is 1. The molecule has 0 aliphatic carbocycles. The van der Waals surface area contributed by atoms with Crippen LogP contribution in [0.5, 0.6) is 0 Å². The zero-order valence-corrected chi connectivity index (χ0v) is 7.62. The van der Waals surface area contributed by atoms with E-state index in [1.54, 1.807) is 0 Å². The molecule has 1 nitrogen and oxygen atoms in total. The van der Waals surface area contributed by atoms with Gasteiger partial charge in [-0.15, -0.1) is 46.7 Å². The lowest BCUT2D eigenvalue weighted by Gasteiger charge is -2.15. The van der Waals surface area contributed by atoms with E-state index in [9.17, 15) is 0 Å². The highest BCUT2D eigenvalue weighted by Gasteiger charge is 1.96. The third kappa shape index (κ3) is 1.43. The summed E-state index contributed by atoms with van der Waals surface area (Å²) in [6.07, 6.45) is 0. The van der Waals surface area contributed by atoms with E-state index in [4.69, 9.17) is 5.73 Å². The van der Waals surface area contributed by atoms with Gasteiger partial charge in [0.05, 0.1) is 0 Å². The molecule has 0 unspecified atom stereocenters. The van der Waals surface area contributed by atoms with Gasteiger partial charge in [0.25, 0.3) is 0 Å². The molecule has 0 aliphatic heterocycles. The molecule has 66 valence electrons. The molecule has 0 fully saturated rings. The van der Waals surface area contributed by atoms with E-state index in [2.05, 4.69) is 18.2 Å². The maximum absolute atomic E-state index is 5.87. The second-order valence-corrected chi connectivity index (χ2v) is 3.27. The molecule has 2 N–H and O–H groups in total. The Balaban J connectivity index is 2.76. The molecule has 0 aliphatic rings. The third-order valence-corrected chi connectivity index (χ3v) is 2.23. The van der Waals surface area contributed by atoms with Crippen molar-refractivity contribution in [2.24, 2.45) is 5.73 Å². The Kier molecular flexibility index (Phi) is 2.03. The molecular weight excluding hydrogens is 158 g/mol. The normalized spacial score (nSPS) is 13.1. The van der Waals surface area contributed by atoms with Gasteiger partial charge in [0.1, 0.15) is 0 Å². The lowest BCUT2D eigenvalue weighted by Crippen LogP contribution is -2.05. The Morgan fingerprint density at radius 2 is 2.00 bits per heavy atom. The summed E-state index contributed by atoms with van der Waals surface area (Å²) in [7, 11) is 0. The Hall–Kier alpha value is -1.34. The molecule has 2 aromatic carbocycles. The molecule has 0 heterocycles. The molecule has 0 aromatic heterocycles. The Morgan fingerprint density at radius 1 is 1.23 bits per heavy atom. The van der Waals surface area contributed by atoms with E-state index in [-0.39, 0.29) is 6.04 Å². The number of fused-ring (bicyclic) bond motifs is 1. The summed E-state index contributed by atoms with van der Waals surface area (Å²) < 4.78 is 0. The van der Waals surface area contributed by atoms with Crippen LogP contribution in [-0.4, -0.2) is 0 Å². The number of nitrogens with two attached hydrogens (primary N) is 1. The third-order valence-electron chi connectivity index (χ3n) is 2.23. The van der Waals surface area contributed by atoms with Gasteiger partial charge in [0, 0.05) is 6.04 Å². The van der Waals surface area contributed by atoms with Gasteiger partial charge in [-0.3, -0.25) is 0 Å². The smallest absolute Gasteiger partial charge is 0.0101 e. The number of rotatable bonds is 1. The Labute approximate surface area is 78.2 Å². The van der Waals surface area contributed by atoms with Crippen LogP contribution in [0.1, 0.15) is 18.5 Å². The molecule has 1 heteroatoms. The van der Waals surface area contributed by atoms with Crippen LogP contribution in [-0.2, 0) is 0 Å². The molecule has 0 spiro atoms. The van der Waals surface area contributed by atoms with E-state index in [1.807, 2.05) is 31.2 Å². The molecule has 0 saturated carbocycles. The van der Waals surface area contributed by atoms with Crippen molar-refractivity contribution in [3.8, 4) is 0 Å². The summed E-state index contributed by atoms with van der Waals surface area (Å²) in [4.78, 5) is 0. The van der Waals surface area contributed by atoms with Crippen molar-refractivity contribution in [1.82, 2.24) is 0 Å². The predicted molar refractivity (Wildman–Crippen MR) is 55.4 cm³/mol. The fourth-order valence-electron chi connectivity index (χ4n) is 1.57. The SMILES string of the molecule is C[C@H](N)c1cc[c-]c2ccccc12. The molecule has 0 radical (unpaired) electrons. The summed E-state index contributed by atoms with van der Waals surface area (Å²) >= 11 is 0. The van der Waals surface area contributed by atoms with Crippen molar-refractivity contribution in [1.29, 1.82) is 0 Å². The van der Waals surface area contributed by atoms with Gasteiger partial charge < -0.3 is 5.73 Å². The van der Waals surface area contributed by atoms with Crippen molar-refractivity contribution in [3.63, 3.8) is 0 Å². The first-order chi connectivity index (χ1) is 6.29. The largest absolute Gasteiger partial charge is 0.326 e. The average Bonchev–Trinajstić information content (AvgIpc) is 2.17. The van der Waals surface area contributed by atoms with E-state index in [0.717, 1.165) is 5.39 Å². The van der Waals surface area contributed by atoms with E-state index < -0.39 is 0 Å². The predicted octanol–water partition coefficient (Wildman–Crippen LogP) is 2.66. The van der Waals surface area contributed by atoms with Gasteiger partial charge in [0.2, 0.25) is 0 Å². The summed E-state index contributed by atoms with van der Waals surface area (Å²) in [5.41, 5.74) is 7.06. The lowest BCUT2D eigenvalue weighted by molar-refractivity contribution is 0.827. The van der Waals surface area contributed by atoms with Crippen LogP contribution >= 0.6 is 0 Å². The van der Waals surface area contributed by atoms with Gasteiger partial charge in [-0.1, -0.05) is 12.1 Å². The molecule has 2 aromatic rings. The van der Waals surface area contributed by atoms with Crippen molar-refractivity contribution < 1.29 is 0 Å². The highest BCUT2D eigenvalue weighted by molar-refractivity contribution is 5.85. The standard InChI is InChI=1S/C12H12N/c1-9(13)11-8-4-6-10-5-2-3-7-12(10)11/h2-5,7-9H,13H2,1H3/q-1/t9-/m0/s1. The molecule has 0 saturated heterocycles. The molecular formula is C12H12N-. The summed E-state index contributed by atoms with van der Waals surface area (Å²) in [6, 6.07) is 15.4. The van der Waals surface area contributed by atoms with Crippen LogP contribution in [0.15, 0.2) is 36.4 Å². The maximum atomic E-state index is 5.87. The second-order valence-electron chi connectivity index (χ2n) is 3.27. The first kappa shape index (κ1) is 8.27. The topological polar surface area (TPSA) is 26.0 Å². The van der Waals surface area contributed by atoms with E-state index >= 15 is 0 Å². The van der Waals surface area contributed by atoms with Crippen LogP contribution in [0, 0.1) is 6.07 Å². The van der Waals surface area contributed by atoms with Crippen LogP contribution in [0.2, 0.25) is 0 Å².